The maximum atomic E-state index is 4.19. The maximum Gasteiger partial charge on any atom is 0.0440 e. The number of thiophene rings is 1. The molecule has 0 spiro atoms. The molecule has 0 aliphatic carbocycles. The molecule has 0 atom stereocenters. The first-order chi connectivity index (χ1) is 8.81. The highest BCUT2D eigenvalue weighted by Crippen LogP contribution is 2.19. The Morgan fingerprint density at radius 3 is 3.00 bits per heavy atom. The third-order valence-corrected chi connectivity index (χ3v) is 3.87. The first-order valence-corrected chi connectivity index (χ1v) is 7.00. The predicted octanol–water partition coefficient (Wildman–Crippen LogP) is 2.54. The van der Waals surface area contributed by atoms with Crippen molar-refractivity contribution in [2.45, 2.75) is 13.0 Å². The first-order valence-electron chi connectivity index (χ1n) is 6.12. The quantitative estimate of drug-likeness (QED) is 0.866. The molecule has 1 N–H and O–H groups in total. The normalized spacial score (nSPS) is 10.6. The summed E-state index contributed by atoms with van der Waals surface area (Å²) in [4.78, 5) is 7.93. The van der Waals surface area contributed by atoms with Crippen LogP contribution in [0.25, 0.3) is 0 Å². The molecular formula is C14H19N3S. The molecule has 0 aliphatic rings. The summed E-state index contributed by atoms with van der Waals surface area (Å²) in [6.07, 6.45) is 4.89. The third-order valence-electron chi connectivity index (χ3n) is 2.93. The first kappa shape index (κ1) is 13.1. The van der Waals surface area contributed by atoms with Gasteiger partial charge in [0.25, 0.3) is 0 Å². The van der Waals surface area contributed by atoms with E-state index in [0.29, 0.717) is 0 Å². The van der Waals surface area contributed by atoms with Crippen molar-refractivity contribution in [3.63, 3.8) is 0 Å². The van der Waals surface area contributed by atoms with Crippen LogP contribution >= 0.6 is 11.3 Å². The standard InChI is InChI=1S/C14H19N3S/c1-15-10-12-11-16-7-5-14(12)17(2)8-6-13-4-3-9-18-13/h3-5,7,9,11,15H,6,8,10H2,1-2H3. The molecule has 3 nitrogen and oxygen atoms in total. The monoisotopic (exact) mass is 261 g/mol. The van der Waals surface area contributed by atoms with Crippen LogP contribution in [0.3, 0.4) is 0 Å². The van der Waals surface area contributed by atoms with Gasteiger partial charge in [0, 0.05) is 48.7 Å². The van der Waals surface area contributed by atoms with Crippen LogP contribution in [0.4, 0.5) is 5.69 Å². The molecule has 2 aromatic rings. The average molecular weight is 261 g/mol. The fourth-order valence-electron chi connectivity index (χ4n) is 1.97. The highest BCUT2D eigenvalue weighted by atomic mass is 32.1. The van der Waals surface area contributed by atoms with Crippen LogP contribution in [0.15, 0.2) is 36.0 Å². The molecule has 0 aliphatic heterocycles. The Hall–Kier alpha value is -1.39. The van der Waals surface area contributed by atoms with Gasteiger partial charge in [0.1, 0.15) is 0 Å². The molecular weight excluding hydrogens is 242 g/mol. The Morgan fingerprint density at radius 1 is 1.39 bits per heavy atom. The molecule has 96 valence electrons. The lowest BCUT2D eigenvalue weighted by Gasteiger charge is -2.21. The van der Waals surface area contributed by atoms with Crippen LogP contribution in [0, 0.1) is 0 Å². The Labute approximate surface area is 112 Å². The summed E-state index contributed by atoms with van der Waals surface area (Å²) in [5, 5.41) is 5.32. The minimum atomic E-state index is 0.854. The van der Waals surface area contributed by atoms with E-state index in [0.717, 1.165) is 19.5 Å². The van der Waals surface area contributed by atoms with Crippen LogP contribution in [-0.2, 0) is 13.0 Å². The van der Waals surface area contributed by atoms with Crippen LogP contribution in [-0.4, -0.2) is 25.6 Å². The molecule has 2 aromatic heterocycles. The summed E-state index contributed by atoms with van der Waals surface area (Å²) >= 11 is 1.82. The van der Waals surface area contributed by atoms with Crippen LogP contribution in [0.1, 0.15) is 10.4 Å². The molecule has 4 heteroatoms. The molecule has 0 aromatic carbocycles. The van der Waals surface area contributed by atoms with Crippen molar-refractivity contribution in [1.82, 2.24) is 10.3 Å². The zero-order valence-corrected chi connectivity index (χ0v) is 11.7. The van der Waals surface area contributed by atoms with E-state index in [1.807, 2.05) is 30.8 Å². The van der Waals surface area contributed by atoms with Crippen LogP contribution < -0.4 is 10.2 Å². The van der Waals surface area contributed by atoms with Gasteiger partial charge in [-0.15, -0.1) is 11.3 Å². The minimum Gasteiger partial charge on any atom is -0.374 e. The average Bonchev–Trinajstić information content (AvgIpc) is 2.90. The van der Waals surface area contributed by atoms with E-state index in [9.17, 15) is 0 Å². The number of anilines is 1. The van der Waals surface area contributed by atoms with Gasteiger partial charge in [-0.05, 0) is 31.0 Å². The van der Waals surface area contributed by atoms with Crippen molar-refractivity contribution in [2.75, 3.05) is 25.5 Å². The number of nitrogens with one attached hydrogen (secondary N) is 1. The van der Waals surface area contributed by atoms with E-state index >= 15 is 0 Å². The number of aromatic nitrogens is 1. The second-order valence-corrected chi connectivity index (χ2v) is 5.32. The highest BCUT2D eigenvalue weighted by Gasteiger charge is 2.07. The van der Waals surface area contributed by atoms with E-state index < -0.39 is 0 Å². The van der Waals surface area contributed by atoms with Crippen LogP contribution in [0.5, 0.6) is 0 Å². The molecule has 2 rings (SSSR count). The lowest BCUT2D eigenvalue weighted by molar-refractivity contribution is 0.798. The fourth-order valence-corrected chi connectivity index (χ4v) is 2.67. The number of hydrogen-bond acceptors (Lipinski definition) is 4. The van der Waals surface area contributed by atoms with E-state index in [2.05, 4.69) is 45.8 Å². The van der Waals surface area contributed by atoms with Gasteiger partial charge in [0.05, 0.1) is 0 Å². The number of rotatable bonds is 6. The number of pyridine rings is 1. The smallest absolute Gasteiger partial charge is 0.0440 e. The number of nitrogens with zero attached hydrogens (tertiary/aromatic N) is 2. The van der Waals surface area contributed by atoms with Crippen LogP contribution in [0.2, 0.25) is 0 Å². The molecule has 0 amide bonds. The molecule has 0 bridgehead atoms. The summed E-state index contributed by atoms with van der Waals surface area (Å²) in [7, 11) is 4.10. The molecule has 0 saturated heterocycles. The van der Waals surface area contributed by atoms with Crippen molar-refractivity contribution < 1.29 is 0 Å². The topological polar surface area (TPSA) is 28.2 Å². The molecule has 18 heavy (non-hydrogen) atoms. The molecule has 0 fully saturated rings. The molecule has 0 unspecified atom stereocenters. The summed E-state index contributed by atoms with van der Waals surface area (Å²) < 4.78 is 0. The SMILES string of the molecule is CNCc1cnccc1N(C)CCc1cccs1. The fraction of sp³-hybridized carbons (Fsp3) is 0.357. The van der Waals surface area contributed by atoms with Crippen molar-refractivity contribution in [3.05, 3.63) is 46.4 Å². The lowest BCUT2D eigenvalue weighted by Crippen LogP contribution is -2.22. The van der Waals surface area contributed by atoms with Crippen molar-refractivity contribution in [1.29, 1.82) is 0 Å². The van der Waals surface area contributed by atoms with Gasteiger partial charge in [-0.3, -0.25) is 4.98 Å². The van der Waals surface area contributed by atoms with Gasteiger partial charge in [0.2, 0.25) is 0 Å². The van der Waals surface area contributed by atoms with Gasteiger partial charge in [-0.2, -0.15) is 0 Å². The van der Waals surface area contributed by atoms with Gasteiger partial charge >= 0.3 is 0 Å². The molecule has 2 heterocycles. The van der Waals surface area contributed by atoms with Gasteiger partial charge in [-0.1, -0.05) is 6.07 Å². The van der Waals surface area contributed by atoms with Crippen molar-refractivity contribution in [3.8, 4) is 0 Å². The zero-order valence-electron chi connectivity index (χ0n) is 10.9. The Bertz CT molecular complexity index is 468. The largest absolute Gasteiger partial charge is 0.374 e. The lowest BCUT2D eigenvalue weighted by atomic mass is 10.2. The summed E-state index contributed by atoms with van der Waals surface area (Å²) in [5.41, 5.74) is 2.50. The predicted molar refractivity (Wildman–Crippen MR) is 78.3 cm³/mol. The van der Waals surface area contributed by atoms with Gasteiger partial charge in [0.15, 0.2) is 0 Å². The molecule has 0 radical (unpaired) electrons. The summed E-state index contributed by atoms with van der Waals surface area (Å²) in [5.74, 6) is 0. The second-order valence-electron chi connectivity index (χ2n) is 4.29. The van der Waals surface area contributed by atoms with E-state index in [4.69, 9.17) is 0 Å². The highest BCUT2D eigenvalue weighted by molar-refractivity contribution is 7.09. The maximum absolute atomic E-state index is 4.19. The number of hydrogen-bond donors (Lipinski definition) is 1. The van der Waals surface area contributed by atoms with Crippen molar-refractivity contribution in [2.24, 2.45) is 0 Å². The Balaban J connectivity index is 2.01. The minimum absolute atomic E-state index is 0.854. The van der Waals surface area contributed by atoms with E-state index in [1.165, 1.54) is 16.1 Å². The summed E-state index contributed by atoms with van der Waals surface area (Å²) in [6.45, 7) is 1.88. The molecule has 0 saturated carbocycles. The zero-order chi connectivity index (χ0) is 12.8. The summed E-state index contributed by atoms with van der Waals surface area (Å²) in [6, 6.07) is 6.39. The van der Waals surface area contributed by atoms with E-state index in [1.54, 1.807) is 0 Å². The third kappa shape index (κ3) is 3.31. The van der Waals surface area contributed by atoms with E-state index in [-0.39, 0.29) is 0 Å². The van der Waals surface area contributed by atoms with Crippen molar-refractivity contribution >= 4 is 17.0 Å². The second kappa shape index (κ2) is 6.52. The van der Waals surface area contributed by atoms with Gasteiger partial charge < -0.3 is 10.2 Å². The number of likely N-dealkylation sites (N-methyl/N-ethyl adjacent to an activating group) is 1. The Morgan fingerprint density at radius 2 is 2.28 bits per heavy atom. The van der Waals surface area contributed by atoms with Gasteiger partial charge in [-0.25, -0.2) is 0 Å². The Kier molecular flexibility index (Phi) is 4.73.